The van der Waals surface area contributed by atoms with Crippen LogP contribution in [0, 0.1) is 6.92 Å². The number of aryl methyl sites for hydroxylation is 1. The lowest BCUT2D eigenvalue weighted by molar-refractivity contribution is 0.0977. The molecular weight excluding hydrogens is 442 g/mol. The van der Waals surface area contributed by atoms with Gasteiger partial charge in [0.2, 0.25) is 10.0 Å². The van der Waals surface area contributed by atoms with Crippen molar-refractivity contribution in [3.63, 3.8) is 0 Å². The normalized spacial score (nSPS) is 11.5. The fourth-order valence-corrected chi connectivity index (χ4v) is 4.28. The second-order valence-electron chi connectivity index (χ2n) is 5.99. The number of nitrogens with zero attached hydrogens (tertiary/aromatic N) is 2. The lowest BCUT2D eigenvalue weighted by Gasteiger charge is -2.07. The average Bonchev–Trinajstić information content (AvgIpc) is 2.91. The highest BCUT2D eigenvalue weighted by Crippen LogP contribution is 2.23. The summed E-state index contributed by atoms with van der Waals surface area (Å²) < 4.78 is 28.6. The van der Waals surface area contributed by atoms with Crippen LogP contribution in [0.1, 0.15) is 48.1 Å². The molecular formula is C17H21BrClN3O3S. The van der Waals surface area contributed by atoms with Gasteiger partial charge in [-0.3, -0.25) is 4.79 Å². The molecule has 0 saturated carbocycles. The SMILES string of the molecule is CCCCCS(=O)(=O)NC(=O)c1cn(Cc2ccc(Cl)cc2Br)c(C)n1. The fourth-order valence-electron chi connectivity index (χ4n) is 2.40. The summed E-state index contributed by atoms with van der Waals surface area (Å²) in [5.74, 6) is -0.164. The maximum absolute atomic E-state index is 12.2. The van der Waals surface area contributed by atoms with Crippen molar-refractivity contribution in [2.24, 2.45) is 0 Å². The highest BCUT2D eigenvalue weighted by atomic mass is 79.9. The molecule has 0 unspecified atom stereocenters. The smallest absolute Gasteiger partial charge is 0.284 e. The molecule has 0 spiro atoms. The van der Waals surface area contributed by atoms with Gasteiger partial charge in [-0.2, -0.15) is 0 Å². The molecule has 6 nitrogen and oxygen atoms in total. The molecule has 0 bridgehead atoms. The molecule has 1 N–H and O–H groups in total. The minimum Gasteiger partial charge on any atom is -0.330 e. The Morgan fingerprint density at radius 1 is 1.35 bits per heavy atom. The monoisotopic (exact) mass is 461 g/mol. The quantitative estimate of drug-likeness (QED) is 0.603. The molecule has 1 heterocycles. The summed E-state index contributed by atoms with van der Waals surface area (Å²) in [6.07, 6.45) is 3.79. The Balaban J connectivity index is 2.10. The van der Waals surface area contributed by atoms with Crippen molar-refractivity contribution in [1.29, 1.82) is 0 Å². The van der Waals surface area contributed by atoms with Gasteiger partial charge in [0.05, 0.1) is 5.75 Å². The molecule has 142 valence electrons. The molecule has 0 atom stereocenters. The lowest BCUT2D eigenvalue weighted by atomic mass is 10.2. The van der Waals surface area contributed by atoms with Gasteiger partial charge in [0.25, 0.3) is 5.91 Å². The predicted molar refractivity (Wildman–Crippen MR) is 106 cm³/mol. The van der Waals surface area contributed by atoms with Crippen LogP contribution < -0.4 is 4.72 Å². The summed E-state index contributed by atoms with van der Waals surface area (Å²) in [6, 6.07) is 5.45. The van der Waals surface area contributed by atoms with Crippen molar-refractivity contribution in [2.45, 2.75) is 39.7 Å². The van der Waals surface area contributed by atoms with Gasteiger partial charge in [0, 0.05) is 22.2 Å². The van der Waals surface area contributed by atoms with Gasteiger partial charge in [-0.05, 0) is 31.0 Å². The van der Waals surface area contributed by atoms with Gasteiger partial charge in [0.15, 0.2) is 0 Å². The third-order valence-electron chi connectivity index (χ3n) is 3.83. The fraction of sp³-hybridized carbons (Fsp3) is 0.412. The van der Waals surface area contributed by atoms with Crippen molar-refractivity contribution >= 4 is 43.5 Å². The Labute approximate surface area is 167 Å². The van der Waals surface area contributed by atoms with E-state index in [1.54, 1.807) is 29.8 Å². The summed E-state index contributed by atoms with van der Waals surface area (Å²) in [5.41, 5.74) is 1.04. The summed E-state index contributed by atoms with van der Waals surface area (Å²) in [6.45, 7) is 4.23. The van der Waals surface area contributed by atoms with Gasteiger partial charge in [-0.1, -0.05) is 53.4 Å². The number of carbonyl (C=O) groups excluding carboxylic acids is 1. The molecule has 2 rings (SSSR count). The molecule has 0 aliphatic rings. The number of unbranched alkanes of at least 4 members (excludes halogenated alkanes) is 2. The van der Waals surface area contributed by atoms with Crippen molar-refractivity contribution in [3.8, 4) is 0 Å². The number of nitrogens with one attached hydrogen (secondary N) is 1. The zero-order valence-electron chi connectivity index (χ0n) is 14.6. The molecule has 0 radical (unpaired) electrons. The summed E-state index contributed by atoms with van der Waals surface area (Å²) >= 11 is 9.40. The van der Waals surface area contributed by atoms with E-state index in [0.717, 1.165) is 22.9 Å². The molecule has 1 amide bonds. The number of carbonyl (C=O) groups is 1. The molecule has 1 aromatic heterocycles. The second kappa shape index (κ2) is 9.01. The van der Waals surface area contributed by atoms with E-state index < -0.39 is 15.9 Å². The average molecular weight is 463 g/mol. The van der Waals surface area contributed by atoms with E-state index in [2.05, 4.69) is 25.6 Å². The minimum absolute atomic E-state index is 0.0655. The Bertz CT molecular complexity index is 897. The van der Waals surface area contributed by atoms with Crippen LogP contribution in [0.4, 0.5) is 0 Å². The molecule has 9 heteroatoms. The van der Waals surface area contributed by atoms with Gasteiger partial charge >= 0.3 is 0 Å². The number of halogens is 2. The molecule has 0 fully saturated rings. The van der Waals surface area contributed by atoms with Crippen LogP contribution in [0.3, 0.4) is 0 Å². The van der Waals surface area contributed by atoms with E-state index in [-0.39, 0.29) is 11.4 Å². The summed E-state index contributed by atoms with van der Waals surface area (Å²) in [4.78, 5) is 16.4. The first-order valence-corrected chi connectivity index (χ1v) is 11.1. The van der Waals surface area contributed by atoms with Crippen molar-refractivity contribution < 1.29 is 13.2 Å². The molecule has 2 aromatic rings. The lowest BCUT2D eigenvalue weighted by Crippen LogP contribution is -2.32. The van der Waals surface area contributed by atoms with E-state index >= 15 is 0 Å². The molecule has 0 aliphatic heterocycles. The Morgan fingerprint density at radius 3 is 2.73 bits per heavy atom. The number of aromatic nitrogens is 2. The van der Waals surface area contributed by atoms with Crippen LogP contribution >= 0.6 is 27.5 Å². The van der Waals surface area contributed by atoms with Gasteiger partial charge in [0.1, 0.15) is 11.5 Å². The Kier molecular flexibility index (Phi) is 7.25. The first-order chi connectivity index (χ1) is 12.2. The minimum atomic E-state index is -3.65. The molecule has 26 heavy (non-hydrogen) atoms. The van der Waals surface area contributed by atoms with E-state index in [9.17, 15) is 13.2 Å². The second-order valence-corrected chi connectivity index (χ2v) is 9.13. The van der Waals surface area contributed by atoms with Gasteiger partial charge < -0.3 is 4.57 Å². The van der Waals surface area contributed by atoms with Crippen LogP contribution in [0.5, 0.6) is 0 Å². The van der Waals surface area contributed by atoms with Crippen LogP contribution in [0.15, 0.2) is 28.9 Å². The Hall–Kier alpha value is -1.38. The van der Waals surface area contributed by atoms with E-state index in [1.807, 2.05) is 13.0 Å². The van der Waals surface area contributed by atoms with E-state index in [1.165, 1.54) is 0 Å². The molecule has 0 saturated heterocycles. The highest BCUT2D eigenvalue weighted by Gasteiger charge is 2.19. The number of hydrogen-bond donors (Lipinski definition) is 1. The number of sulfonamides is 1. The Morgan fingerprint density at radius 2 is 2.08 bits per heavy atom. The number of benzene rings is 1. The first kappa shape index (κ1) is 20.9. The van der Waals surface area contributed by atoms with Crippen LogP contribution in [0.25, 0.3) is 0 Å². The van der Waals surface area contributed by atoms with Crippen molar-refractivity contribution in [1.82, 2.24) is 14.3 Å². The third kappa shape index (κ3) is 5.82. The molecule has 0 aliphatic carbocycles. The highest BCUT2D eigenvalue weighted by molar-refractivity contribution is 9.10. The van der Waals surface area contributed by atoms with Gasteiger partial charge in [-0.25, -0.2) is 18.1 Å². The predicted octanol–water partition coefficient (Wildman–Crippen LogP) is 3.91. The number of amides is 1. The van der Waals surface area contributed by atoms with Crippen LogP contribution in [-0.4, -0.2) is 29.6 Å². The van der Waals surface area contributed by atoms with E-state index in [4.69, 9.17) is 11.6 Å². The number of imidazole rings is 1. The zero-order valence-corrected chi connectivity index (χ0v) is 17.8. The van der Waals surface area contributed by atoms with Crippen molar-refractivity contribution in [2.75, 3.05) is 5.75 Å². The van der Waals surface area contributed by atoms with Gasteiger partial charge in [-0.15, -0.1) is 0 Å². The van der Waals surface area contributed by atoms with Crippen LogP contribution in [0.2, 0.25) is 5.02 Å². The maximum Gasteiger partial charge on any atom is 0.284 e. The largest absolute Gasteiger partial charge is 0.330 e. The van der Waals surface area contributed by atoms with Crippen molar-refractivity contribution in [3.05, 3.63) is 51.0 Å². The first-order valence-electron chi connectivity index (χ1n) is 8.24. The third-order valence-corrected chi connectivity index (χ3v) is 6.13. The summed E-state index contributed by atoms with van der Waals surface area (Å²) in [7, 11) is -3.65. The topological polar surface area (TPSA) is 81.1 Å². The zero-order chi connectivity index (χ0) is 19.3. The molecule has 1 aromatic carbocycles. The standard InChI is InChI=1S/C17H21BrClN3O3S/c1-3-4-5-8-26(24,25)21-17(23)16-11-22(12(2)20-16)10-13-6-7-14(19)9-15(13)18/h6-7,9,11H,3-5,8,10H2,1-2H3,(H,21,23). The summed E-state index contributed by atoms with van der Waals surface area (Å²) in [5, 5.41) is 0.622. The number of hydrogen-bond acceptors (Lipinski definition) is 4. The van der Waals surface area contributed by atoms with Crippen LogP contribution in [-0.2, 0) is 16.6 Å². The maximum atomic E-state index is 12.2. The number of rotatable bonds is 8. The van der Waals surface area contributed by atoms with E-state index in [0.29, 0.717) is 23.8 Å².